The number of nitro groups is 1. The van der Waals surface area contributed by atoms with Crippen molar-refractivity contribution in [3.8, 4) is 11.3 Å². The molecule has 1 heterocycles. The van der Waals surface area contributed by atoms with E-state index in [0.29, 0.717) is 5.69 Å². The molecule has 0 spiro atoms. The summed E-state index contributed by atoms with van der Waals surface area (Å²) in [6, 6.07) is 13.8. The number of anilines is 1. The molecule has 0 radical (unpaired) electrons. The summed E-state index contributed by atoms with van der Waals surface area (Å²) in [5, 5.41) is 25.5. The average molecular weight is 473 g/mol. The van der Waals surface area contributed by atoms with Crippen LogP contribution < -0.4 is 21.3 Å². The number of nitrogens with zero attached hydrogens (tertiary/aromatic N) is 2. The standard InChI is InChI=1S/C19H19N7O6S/c20-33(31,32)13-6-7-14(17(10-13)26(29)30)21-9-8-18(27)24-25-19(28)16-11-15(22-23-16)12-4-2-1-3-5-12/h1-7,10-11,21H,8-9H2,(H,22,23)(H,24,27)(H,25,28)(H2,20,31,32). The Labute approximate surface area is 187 Å². The Morgan fingerprint density at radius 3 is 2.48 bits per heavy atom. The van der Waals surface area contributed by atoms with Crippen LogP contribution in [0.3, 0.4) is 0 Å². The third-order valence-electron chi connectivity index (χ3n) is 4.37. The van der Waals surface area contributed by atoms with Crippen molar-refractivity contribution >= 4 is 33.2 Å². The van der Waals surface area contributed by atoms with Crippen LogP contribution in [0.25, 0.3) is 11.3 Å². The molecule has 172 valence electrons. The van der Waals surface area contributed by atoms with Crippen LogP contribution in [-0.2, 0) is 14.8 Å². The first-order valence-corrected chi connectivity index (χ1v) is 10.9. The van der Waals surface area contributed by atoms with Crippen molar-refractivity contribution in [2.24, 2.45) is 5.14 Å². The van der Waals surface area contributed by atoms with Gasteiger partial charge in [0.2, 0.25) is 15.9 Å². The zero-order valence-corrected chi connectivity index (χ0v) is 17.8. The topological polar surface area (TPSA) is 202 Å². The fourth-order valence-corrected chi connectivity index (χ4v) is 3.28. The molecule has 0 aliphatic carbocycles. The molecule has 0 atom stereocenters. The minimum atomic E-state index is -4.11. The number of sulfonamides is 1. The lowest BCUT2D eigenvalue weighted by Crippen LogP contribution is -2.42. The van der Waals surface area contributed by atoms with Crippen molar-refractivity contribution in [1.82, 2.24) is 21.0 Å². The summed E-state index contributed by atoms with van der Waals surface area (Å²) in [5.41, 5.74) is 5.48. The highest BCUT2D eigenvalue weighted by Gasteiger charge is 2.19. The number of nitrogens with two attached hydrogens (primary N) is 1. The number of nitro benzene ring substituents is 1. The first-order chi connectivity index (χ1) is 15.6. The molecule has 0 saturated carbocycles. The van der Waals surface area contributed by atoms with E-state index in [9.17, 15) is 28.1 Å². The van der Waals surface area contributed by atoms with Gasteiger partial charge < -0.3 is 5.32 Å². The van der Waals surface area contributed by atoms with Gasteiger partial charge in [0.05, 0.1) is 15.5 Å². The number of aromatic amines is 1. The zero-order chi connectivity index (χ0) is 24.0. The normalized spacial score (nSPS) is 10.9. The third kappa shape index (κ3) is 6.11. The average Bonchev–Trinajstić information content (AvgIpc) is 3.28. The molecule has 13 nitrogen and oxygen atoms in total. The summed E-state index contributed by atoms with van der Waals surface area (Å²) in [5.74, 6) is -1.18. The second-order valence-electron chi connectivity index (χ2n) is 6.69. The van der Waals surface area contributed by atoms with Crippen molar-refractivity contribution in [1.29, 1.82) is 0 Å². The largest absolute Gasteiger partial charge is 0.379 e. The maximum absolute atomic E-state index is 12.2. The number of nitrogens with one attached hydrogen (secondary N) is 4. The third-order valence-corrected chi connectivity index (χ3v) is 5.28. The van der Waals surface area contributed by atoms with Crippen molar-refractivity contribution in [3.63, 3.8) is 0 Å². The van der Waals surface area contributed by atoms with E-state index in [1.165, 1.54) is 12.1 Å². The van der Waals surface area contributed by atoms with Crippen molar-refractivity contribution in [3.05, 3.63) is 70.4 Å². The number of carbonyl (C=O) groups is 2. The molecule has 3 aromatic rings. The number of hydrogen-bond acceptors (Lipinski definition) is 8. The van der Waals surface area contributed by atoms with E-state index >= 15 is 0 Å². The van der Waals surface area contributed by atoms with Gasteiger partial charge in [-0.2, -0.15) is 5.10 Å². The molecule has 0 bridgehead atoms. The smallest absolute Gasteiger partial charge is 0.293 e. The van der Waals surface area contributed by atoms with Crippen molar-refractivity contribution < 1.29 is 22.9 Å². The number of hydrazine groups is 1. The van der Waals surface area contributed by atoms with Crippen LogP contribution >= 0.6 is 0 Å². The van der Waals surface area contributed by atoms with E-state index in [4.69, 9.17) is 5.14 Å². The summed E-state index contributed by atoms with van der Waals surface area (Å²) in [4.78, 5) is 34.2. The van der Waals surface area contributed by atoms with Crippen LogP contribution in [0.2, 0.25) is 0 Å². The number of benzene rings is 2. The maximum atomic E-state index is 12.2. The Bertz CT molecular complexity index is 1290. The molecule has 2 amide bonds. The summed E-state index contributed by atoms with van der Waals surface area (Å²) in [6.45, 7) is -0.0283. The lowest BCUT2D eigenvalue weighted by molar-refractivity contribution is -0.384. The van der Waals surface area contributed by atoms with E-state index in [1.807, 2.05) is 30.3 Å². The summed E-state index contributed by atoms with van der Waals surface area (Å²) >= 11 is 0. The quantitative estimate of drug-likeness (QED) is 0.234. The van der Waals surface area contributed by atoms with Crippen molar-refractivity contribution in [2.45, 2.75) is 11.3 Å². The molecular weight excluding hydrogens is 454 g/mol. The minimum Gasteiger partial charge on any atom is -0.379 e. The Hall–Kier alpha value is -4.30. The molecule has 14 heteroatoms. The SMILES string of the molecule is NS(=O)(=O)c1ccc(NCCC(=O)NNC(=O)c2cc(-c3ccccc3)n[nH]2)c([N+](=O)[O-])c1. The number of rotatable bonds is 8. The molecule has 0 aliphatic rings. The number of amides is 2. The van der Waals surface area contributed by atoms with E-state index in [0.717, 1.165) is 17.7 Å². The minimum absolute atomic E-state index is 0.00939. The number of aromatic nitrogens is 2. The second kappa shape index (κ2) is 9.88. The van der Waals surface area contributed by atoms with Gasteiger partial charge in [0.25, 0.3) is 11.6 Å². The predicted molar refractivity (Wildman–Crippen MR) is 117 cm³/mol. The molecule has 0 fully saturated rings. The van der Waals surface area contributed by atoms with Crippen LogP contribution in [0.4, 0.5) is 11.4 Å². The van der Waals surface area contributed by atoms with E-state index in [1.54, 1.807) is 0 Å². The summed E-state index contributed by atoms with van der Waals surface area (Å²) in [6.07, 6.45) is -0.146. The molecule has 0 aliphatic heterocycles. The highest BCUT2D eigenvalue weighted by atomic mass is 32.2. The summed E-state index contributed by atoms with van der Waals surface area (Å²) < 4.78 is 22.7. The Morgan fingerprint density at radius 1 is 1.09 bits per heavy atom. The molecule has 3 rings (SSSR count). The molecule has 33 heavy (non-hydrogen) atoms. The molecule has 1 aromatic heterocycles. The monoisotopic (exact) mass is 473 g/mol. The lowest BCUT2D eigenvalue weighted by Gasteiger charge is -2.09. The Morgan fingerprint density at radius 2 is 1.82 bits per heavy atom. The fourth-order valence-electron chi connectivity index (χ4n) is 2.75. The van der Waals surface area contributed by atoms with E-state index < -0.39 is 37.3 Å². The van der Waals surface area contributed by atoms with Gasteiger partial charge in [-0.1, -0.05) is 30.3 Å². The van der Waals surface area contributed by atoms with Gasteiger partial charge in [-0.3, -0.25) is 35.7 Å². The number of carbonyl (C=O) groups excluding carboxylic acids is 2. The van der Waals surface area contributed by atoms with Crippen LogP contribution in [0.5, 0.6) is 0 Å². The van der Waals surface area contributed by atoms with Gasteiger partial charge >= 0.3 is 0 Å². The molecule has 0 saturated heterocycles. The van der Waals surface area contributed by atoms with Gasteiger partial charge in [-0.25, -0.2) is 13.6 Å². The van der Waals surface area contributed by atoms with Gasteiger partial charge in [0.1, 0.15) is 11.4 Å². The molecule has 0 unspecified atom stereocenters. The van der Waals surface area contributed by atoms with Gasteiger partial charge in [-0.05, 0) is 18.2 Å². The number of H-pyrrole nitrogens is 1. The van der Waals surface area contributed by atoms with Gasteiger partial charge in [0, 0.05) is 24.6 Å². The van der Waals surface area contributed by atoms with E-state index in [2.05, 4.69) is 26.4 Å². The van der Waals surface area contributed by atoms with E-state index in [-0.39, 0.29) is 24.3 Å². The molecule has 2 aromatic carbocycles. The number of primary sulfonamides is 1. The Balaban J connectivity index is 1.51. The van der Waals surface area contributed by atoms with Gasteiger partial charge in [0.15, 0.2) is 0 Å². The first-order valence-electron chi connectivity index (χ1n) is 9.40. The predicted octanol–water partition coefficient (Wildman–Crippen LogP) is 0.896. The van der Waals surface area contributed by atoms with Crippen LogP contribution in [0, 0.1) is 10.1 Å². The highest BCUT2D eigenvalue weighted by Crippen LogP contribution is 2.27. The second-order valence-corrected chi connectivity index (χ2v) is 8.25. The summed E-state index contributed by atoms with van der Waals surface area (Å²) in [7, 11) is -4.11. The van der Waals surface area contributed by atoms with Crippen LogP contribution in [-0.4, -0.2) is 41.9 Å². The lowest BCUT2D eigenvalue weighted by atomic mass is 10.1. The fraction of sp³-hybridized carbons (Fsp3) is 0.105. The van der Waals surface area contributed by atoms with Gasteiger partial charge in [-0.15, -0.1) is 0 Å². The first kappa shape index (κ1) is 23.4. The highest BCUT2D eigenvalue weighted by molar-refractivity contribution is 7.89. The Kier molecular flexibility index (Phi) is 7.00. The maximum Gasteiger partial charge on any atom is 0.293 e. The molecular formula is C19H19N7O6S. The number of hydrogen-bond donors (Lipinski definition) is 5. The van der Waals surface area contributed by atoms with Crippen LogP contribution in [0.1, 0.15) is 16.9 Å². The zero-order valence-electron chi connectivity index (χ0n) is 16.9. The van der Waals surface area contributed by atoms with Crippen molar-refractivity contribution in [2.75, 3.05) is 11.9 Å². The molecule has 6 N–H and O–H groups in total. The van der Waals surface area contributed by atoms with Crippen LogP contribution in [0.15, 0.2) is 59.5 Å².